The van der Waals surface area contributed by atoms with Gasteiger partial charge in [0.25, 0.3) is 21.5 Å². The van der Waals surface area contributed by atoms with Crippen LogP contribution in [0, 0.1) is 0 Å². The van der Waals surface area contributed by atoms with E-state index in [1.165, 1.54) is 16.4 Å². The lowest BCUT2D eigenvalue weighted by Gasteiger charge is -2.25. The van der Waals surface area contributed by atoms with E-state index in [9.17, 15) is 31.2 Å². The van der Waals surface area contributed by atoms with Crippen LogP contribution in [0.15, 0.2) is 26.2 Å². The number of thiophene rings is 1. The van der Waals surface area contributed by atoms with E-state index in [1.807, 2.05) is 0 Å². The SMILES string of the molecule is CCOC(=O)CNC(=O)c1c(S(C)(=O)=O)nc2sc3c(n2c1=O)CCN(S(=O)(=O)c1ccc(Cl)s1)C3. The number of rotatable bonds is 7. The number of sulfone groups is 1. The zero-order chi connectivity index (χ0) is 26.4. The predicted molar refractivity (Wildman–Crippen MR) is 132 cm³/mol. The highest BCUT2D eigenvalue weighted by molar-refractivity contribution is 7.91. The molecular formula is C19H19ClN4O8S4. The Morgan fingerprint density at radius 3 is 2.56 bits per heavy atom. The highest BCUT2D eigenvalue weighted by Gasteiger charge is 2.34. The molecule has 36 heavy (non-hydrogen) atoms. The van der Waals surface area contributed by atoms with Crippen LogP contribution in [0.3, 0.4) is 0 Å². The molecule has 0 unspecified atom stereocenters. The number of nitrogens with zero attached hydrogens (tertiary/aromatic N) is 3. The zero-order valence-corrected chi connectivity index (χ0v) is 22.8. The molecule has 0 atom stereocenters. The van der Waals surface area contributed by atoms with Gasteiger partial charge in [0.1, 0.15) is 16.3 Å². The van der Waals surface area contributed by atoms with Crippen molar-refractivity contribution in [1.82, 2.24) is 19.0 Å². The van der Waals surface area contributed by atoms with E-state index in [1.54, 1.807) is 6.92 Å². The van der Waals surface area contributed by atoms with Gasteiger partial charge in [-0.1, -0.05) is 22.9 Å². The molecule has 0 saturated carbocycles. The summed E-state index contributed by atoms with van der Waals surface area (Å²) in [4.78, 5) is 42.4. The van der Waals surface area contributed by atoms with Gasteiger partial charge >= 0.3 is 5.97 Å². The van der Waals surface area contributed by atoms with Gasteiger partial charge in [0.15, 0.2) is 19.8 Å². The number of carbonyl (C=O) groups is 2. The second kappa shape index (κ2) is 9.83. The van der Waals surface area contributed by atoms with Gasteiger partial charge in [-0.3, -0.25) is 18.8 Å². The fourth-order valence-electron chi connectivity index (χ4n) is 3.61. The molecule has 4 heterocycles. The molecule has 194 valence electrons. The Morgan fingerprint density at radius 2 is 1.94 bits per heavy atom. The lowest BCUT2D eigenvalue weighted by atomic mass is 10.2. The zero-order valence-electron chi connectivity index (χ0n) is 18.8. The number of thiazole rings is 1. The Labute approximate surface area is 218 Å². The number of hydrogen-bond donors (Lipinski definition) is 1. The number of fused-ring (bicyclic) bond motifs is 3. The van der Waals surface area contributed by atoms with Crippen molar-refractivity contribution in [3.63, 3.8) is 0 Å². The molecule has 17 heteroatoms. The third-order valence-electron chi connectivity index (χ3n) is 5.16. The Bertz CT molecular complexity index is 1660. The molecule has 4 rings (SSSR count). The molecule has 0 aliphatic carbocycles. The van der Waals surface area contributed by atoms with Crippen molar-refractivity contribution in [2.75, 3.05) is 26.0 Å². The summed E-state index contributed by atoms with van der Waals surface area (Å²) in [6, 6.07) is 2.90. The monoisotopic (exact) mass is 594 g/mol. The fraction of sp³-hybridized carbons (Fsp3) is 0.368. The number of nitrogens with one attached hydrogen (secondary N) is 1. The first kappa shape index (κ1) is 26.7. The van der Waals surface area contributed by atoms with Gasteiger partial charge in [-0.05, 0) is 19.1 Å². The van der Waals surface area contributed by atoms with Crippen molar-refractivity contribution >= 4 is 71.0 Å². The molecule has 3 aromatic rings. The third-order valence-corrected chi connectivity index (χ3v) is 10.8. The van der Waals surface area contributed by atoms with Crippen LogP contribution in [0.25, 0.3) is 4.96 Å². The fourth-order valence-corrected chi connectivity index (χ4v) is 8.77. The van der Waals surface area contributed by atoms with Gasteiger partial charge in [0.05, 0.1) is 17.5 Å². The number of ether oxygens (including phenoxy) is 1. The number of carbonyl (C=O) groups excluding carboxylic acids is 2. The average Bonchev–Trinajstić information content (AvgIpc) is 3.40. The lowest BCUT2D eigenvalue weighted by Crippen LogP contribution is -2.38. The summed E-state index contributed by atoms with van der Waals surface area (Å²) in [6.07, 6.45) is 0.929. The van der Waals surface area contributed by atoms with Crippen LogP contribution in [0.1, 0.15) is 27.9 Å². The van der Waals surface area contributed by atoms with Gasteiger partial charge < -0.3 is 10.1 Å². The smallest absolute Gasteiger partial charge is 0.325 e. The second-order valence-electron chi connectivity index (χ2n) is 7.59. The number of sulfonamides is 1. The van der Waals surface area contributed by atoms with Crippen molar-refractivity contribution in [3.8, 4) is 0 Å². The Morgan fingerprint density at radius 1 is 1.22 bits per heavy atom. The van der Waals surface area contributed by atoms with Crippen LogP contribution in [-0.2, 0) is 42.4 Å². The number of aromatic nitrogens is 2. The molecule has 1 N–H and O–H groups in total. The number of halogens is 1. The largest absolute Gasteiger partial charge is 0.465 e. The van der Waals surface area contributed by atoms with E-state index >= 15 is 0 Å². The van der Waals surface area contributed by atoms with Gasteiger partial charge in [0, 0.05) is 29.8 Å². The molecule has 0 spiro atoms. The van der Waals surface area contributed by atoms with Crippen molar-refractivity contribution in [1.29, 1.82) is 0 Å². The van der Waals surface area contributed by atoms with Gasteiger partial charge in [-0.25, -0.2) is 21.8 Å². The summed E-state index contributed by atoms with van der Waals surface area (Å²) < 4.78 is 58.4. The van der Waals surface area contributed by atoms with Gasteiger partial charge in [-0.2, -0.15) is 4.31 Å². The van der Waals surface area contributed by atoms with Crippen LogP contribution >= 0.6 is 34.3 Å². The minimum absolute atomic E-state index is 0.00536. The Kier molecular flexibility index (Phi) is 7.29. The molecule has 3 aromatic heterocycles. The van der Waals surface area contributed by atoms with E-state index in [0.29, 0.717) is 14.9 Å². The summed E-state index contributed by atoms with van der Waals surface area (Å²) in [5, 5.41) is 1.46. The minimum atomic E-state index is -4.12. The summed E-state index contributed by atoms with van der Waals surface area (Å²) in [7, 11) is -7.96. The van der Waals surface area contributed by atoms with Crippen LogP contribution < -0.4 is 10.9 Å². The molecule has 0 fully saturated rings. The summed E-state index contributed by atoms with van der Waals surface area (Å²) >= 11 is 7.78. The maximum absolute atomic E-state index is 13.4. The molecule has 0 saturated heterocycles. The first-order valence-corrected chi connectivity index (χ1v) is 15.7. The van der Waals surface area contributed by atoms with Crippen molar-refractivity contribution < 1.29 is 31.2 Å². The van der Waals surface area contributed by atoms with Crippen molar-refractivity contribution in [2.45, 2.75) is 29.1 Å². The van der Waals surface area contributed by atoms with E-state index < -0.39 is 54.4 Å². The highest BCUT2D eigenvalue weighted by atomic mass is 35.5. The standard InChI is InChI=1S/C19H19ClN4O8S4/c1-3-32-13(25)8-21-16(26)15-17(35(2,28)29)22-19-24(18(15)27)10-6-7-23(9-11(10)33-19)36(30,31)14-5-4-12(20)34-14/h4-5H,3,6-9H2,1-2H3,(H,21,26). The van der Waals surface area contributed by atoms with Crippen molar-refractivity contribution in [3.05, 3.63) is 43.0 Å². The summed E-state index contributed by atoms with van der Waals surface area (Å²) in [5.41, 5.74) is -1.23. The normalized spacial score (nSPS) is 14.5. The topological polar surface area (TPSA) is 161 Å². The van der Waals surface area contributed by atoms with E-state index in [-0.39, 0.29) is 35.3 Å². The highest BCUT2D eigenvalue weighted by Crippen LogP contribution is 2.33. The molecule has 1 amide bonds. The predicted octanol–water partition coefficient (Wildman–Crippen LogP) is 0.914. The van der Waals surface area contributed by atoms with Crippen LogP contribution in [0.2, 0.25) is 4.34 Å². The average molecular weight is 595 g/mol. The minimum Gasteiger partial charge on any atom is -0.465 e. The quantitative estimate of drug-likeness (QED) is 0.309. The maximum atomic E-state index is 13.4. The molecule has 0 radical (unpaired) electrons. The van der Waals surface area contributed by atoms with E-state index in [0.717, 1.165) is 33.3 Å². The number of hydrogen-bond acceptors (Lipinski definition) is 11. The maximum Gasteiger partial charge on any atom is 0.325 e. The second-order valence-corrected chi connectivity index (χ2v) is 14.5. The first-order valence-electron chi connectivity index (χ1n) is 10.3. The molecule has 1 aliphatic heterocycles. The van der Waals surface area contributed by atoms with Gasteiger partial charge in [-0.15, -0.1) is 11.3 Å². The molecule has 12 nitrogen and oxygen atoms in total. The number of amides is 1. The van der Waals surface area contributed by atoms with E-state index in [2.05, 4.69) is 10.3 Å². The van der Waals surface area contributed by atoms with Crippen LogP contribution in [0.5, 0.6) is 0 Å². The first-order chi connectivity index (χ1) is 16.8. The molecule has 1 aliphatic rings. The Balaban J connectivity index is 1.77. The van der Waals surface area contributed by atoms with Crippen LogP contribution in [-0.4, -0.2) is 68.4 Å². The molecule has 0 bridgehead atoms. The molecular weight excluding hydrogens is 576 g/mol. The third kappa shape index (κ3) is 4.92. The summed E-state index contributed by atoms with van der Waals surface area (Å²) in [5.74, 6) is -1.85. The lowest BCUT2D eigenvalue weighted by molar-refractivity contribution is -0.141. The van der Waals surface area contributed by atoms with Crippen molar-refractivity contribution in [2.24, 2.45) is 0 Å². The van der Waals surface area contributed by atoms with E-state index in [4.69, 9.17) is 16.3 Å². The Hall–Kier alpha value is -2.37. The van der Waals surface area contributed by atoms with Gasteiger partial charge in [0.2, 0.25) is 0 Å². The summed E-state index contributed by atoms with van der Waals surface area (Å²) in [6.45, 7) is 1.06. The van der Waals surface area contributed by atoms with Crippen LogP contribution in [0.4, 0.5) is 0 Å². The molecule has 0 aromatic carbocycles. The number of esters is 1.